The first-order valence-electron chi connectivity index (χ1n) is 10.0. The van der Waals surface area contributed by atoms with Crippen molar-refractivity contribution in [2.45, 2.75) is 13.0 Å². The van der Waals surface area contributed by atoms with Crippen molar-refractivity contribution in [2.75, 3.05) is 6.26 Å². The van der Waals surface area contributed by atoms with Gasteiger partial charge in [0.05, 0.1) is 24.4 Å². The highest BCUT2D eigenvalue weighted by atomic mass is 35.5. The molecule has 0 aliphatic heterocycles. The van der Waals surface area contributed by atoms with Crippen LogP contribution >= 0.6 is 11.6 Å². The van der Waals surface area contributed by atoms with Crippen LogP contribution in [0.2, 0.25) is 5.02 Å². The molecular weight excluding hydrogens is 481 g/mol. The van der Waals surface area contributed by atoms with Gasteiger partial charge in [-0.25, -0.2) is 17.5 Å². The summed E-state index contributed by atoms with van der Waals surface area (Å²) in [5.74, 6) is -1.86. The van der Waals surface area contributed by atoms with Crippen LogP contribution in [0.5, 0.6) is 0 Å². The second-order valence-electron chi connectivity index (χ2n) is 7.73. The van der Waals surface area contributed by atoms with Gasteiger partial charge in [0.2, 0.25) is 10.0 Å². The second kappa shape index (κ2) is 8.89. The monoisotopic (exact) mass is 497 g/mol. The summed E-state index contributed by atoms with van der Waals surface area (Å²) in [6.45, 7) is -0.205. The van der Waals surface area contributed by atoms with Crippen LogP contribution in [0.1, 0.15) is 33.6 Å². The number of rotatable bonds is 5. The standard InChI is InChI=1S/C24H17ClFN3O4S/c1-34(32,33)28-24(31)23-22(17-4-2-3-5-21(17)30)18-11-16(25)7-9-20(18)29(23)13-15-10-14(12-27)6-8-19(15)26/h2-4,6-11H,5,13H2,1H3,(H,28,31). The summed E-state index contributed by atoms with van der Waals surface area (Å²) in [6.07, 6.45) is 5.80. The molecule has 0 saturated heterocycles. The second-order valence-corrected chi connectivity index (χ2v) is 9.91. The largest absolute Gasteiger partial charge is 0.331 e. The highest BCUT2D eigenvalue weighted by Gasteiger charge is 2.30. The van der Waals surface area contributed by atoms with Gasteiger partial charge in [-0.05, 0) is 36.4 Å². The lowest BCUT2D eigenvalue weighted by Gasteiger charge is -2.14. The quantitative estimate of drug-likeness (QED) is 0.574. The number of aromatic nitrogens is 1. The topological polar surface area (TPSA) is 109 Å². The van der Waals surface area contributed by atoms with Gasteiger partial charge in [-0.1, -0.05) is 29.8 Å². The summed E-state index contributed by atoms with van der Waals surface area (Å²) < 4.78 is 41.8. The number of carbonyl (C=O) groups excluding carboxylic acids is 2. The Balaban J connectivity index is 2.07. The number of sulfonamides is 1. The molecule has 1 heterocycles. The lowest BCUT2D eigenvalue weighted by atomic mass is 9.93. The predicted molar refractivity (Wildman–Crippen MR) is 126 cm³/mol. The van der Waals surface area contributed by atoms with Crippen molar-refractivity contribution in [1.29, 1.82) is 5.26 Å². The zero-order valence-corrected chi connectivity index (χ0v) is 19.4. The normalized spacial score (nSPS) is 13.6. The number of carbonyl (C=O) groups is 2. The van der Waals surface area contributed by atoms with Crippen molar-refractivity contribution in [3.63, 3.8) is 0 Å². The van der Waals surface area contributed by atoms with Crippen molar-refractivity contribution in [2.24, 2.45) is 0 Å². The first kappa shape index (κ1) is 23.4. The number of halogens is 2. The van der Waals surface area contributed by atoms with Crippen LogP contribution in [0.25, 0.3) is 16.5 Å². The summed E-state index contributed by atoms with van der Waals surface area (Å²) in [6, 6.07) is 10.5. The van der Waals surface area contributed by atoms with E-state index in [9.17, 15) is 27.7 Å². The van der Waals surface area contributed by atoms with Gasteiger partial charge in [0.15, 0.2) is 5.78 Å². The molecule has 0 unspecified atom stereocenters. The third-order valence-corrected chi connectivity index (χ3v) is 6.09. The molecule has 4 rings (SSSR count). The maximum Gasteiger partial charge on any atom is 0.282 e. The molecule has 34 heavy (non-hydrogen) atoms. The fourth-order valence-corrected chi connectivity index (χ4v) is 4.52. The van der Waals surface area contributed by atoms with Crippen LogP contribution in [0, 0.1) is 17.1 Å². The minimum atomic E-state index is -3.96. The minimum absolute atomic E-state index is 0.102. The Morgan fingerprint density at radius 3 is 2.71 bits per heavy atom. The van der Waals surface area contributed by atoms with Crippen LogP contribution < -0.4 is 4.72 Å². The summed E-state index contributed by atoms with van der Waals surface area (Å²) in [7, 11) is -3.96. The van der Waals surface area contributed by atoms with E-state index in [1.807, 2.05) is 10.8 Å². The molecule has 0 fully saturated rings. The maximum atomic E-state index is 14.7. The lowest BCUT2D eigenvalue weighted by molar-refractivity contribution is -0.113. The van der Waals surface area contributed by atoms with Crippen molar-refractivity contribution in [1.82, 2.24) is 9.29 Å². The van der Waals surface area contributed by atoms with E-state index < -0.39 is 21.7 Å². The van der Waals surface area contributed by atoms with Crippen molar-refractivity contribution >= 4 is 49.8 Å². The molecule has 0 atom stereocenters. The minimum Gasteiger partial charge on any atom is -0.331 e. The number of benzene rings is 2. The Labute approximate surface area is 199 Å². The molecule has 3 aromatic rings. The van der Waals surface area contributed by atoms with Crippen molar-refractivity contribution in [3.8, 4) is 6.07 Å². The first-order chi connectivity index (χ1) is 16.1. The number of ketones is 1. The molecule has 1 aliphatic rings. The summed E-state index contributed by atoms with van der Waals surface area (Å²) in [5.41, 5.74) is 1.02. The van der Waals surface area contributed by atoms with Crippen LogP contribution in [-0.4, -0.2) is 30.9 Å². The average molecular weight is 498 g/mol. The van der Waals surface area contributed by atoms with Gasteiger partial charge in [-0.2, -0.15) is 5.26 Å². The Kier molecular flexibility index (Phi) is 6.13. The number of nitriles is 1. The molecule has 1 aliphatic carbocycles. The van der Waals surface area contributed by atoms with E-state index in [0.29, 0.717) is 15.9 Å². The van der Waals surface area contributed by atoms with Gasteiger partial charge in [0, 0.05) is 39.0 Å². The van der Waals surface area contributed by atoms with Gasteiger partial charge >= 0.3 is 0 Å². The number of nitrogens with one attached hydrogen (secondary N) is 1. The number of hydrogen-bond donors (Lipinski definition) is 1. The molecule has 0 bridgehead atoms. The van der Waals surface area contributed by atoms with E-state index in [1.165, 1.54) is 16.7 Å². The predicted octanol–water partition coefficient (Wildman–Crippen LogP) is 3.96. The van der Waals surface area contributed by atoms with Crippen LogP contribution in [0.4, 0.5) is 4.39 Å². The van der Waals surface area contributed by atoms with E-state index in [0.717, 1.165) is 12.3 Å². The van der Waals surface area contributed by atoms with Crippen molar-refractivity contribution in [3.05, 3.63) is 87.9 Å². The summed E-state index contributed by atoms with van der Waals surface area (Å²) in [5, 5.41) is 9.98. The highest BCUT2D eigenvalue weighted by molar-refractivity contribution is 7.89. The van der Waals surface area contributed by atoms with Crippen LogP contribution in [0.15, 0.2) is 54.6 Å². The third-order valence-electron chi connectivity index (χ3n) is 5.29. The molecule has 0 saturated carbocycles. The third kappa shape index (κ3) is 4.51. The van der Waals surface area contributed by atoms with Crippen LogP contribution in [0.3, 0.4) is 0 Å². The molecule has 2 aromatic carbocycles. The molecule has 10 heteroatoms. The van der Waals surface area contributed by atoms with Gasteiger partial charge in [-0.15, -0.1) is 0 Å². The first-order valence-corrected chi connectivity index (χ1v) is 12.3. The molecule has 172 valence electrons. The molecule has 0 spiro atoms. The van der Waals surface area contributed by atoms with E-state index in [1.54, 1.807) is 36.4 Å². The Hall–Kier alpha value is -3.74. The summed E-state index contributed by atoms with van der Waals surface area (Å²) >= 11 is 6.22. The van der Waals surface area contributed by atoms with E-state index in [2.05, 4.69) is 0 Å². The fourth-order valence-electron chi connectivity index (χ4n) is 3.92. The molecule has 7 nitrogen and oxygen atoms in total. The van der Waals surface area contributed by atoms with Crippen LogP contribution in [-0.2, 0) is 21.4 Å². The smallest absolute Gasteiger partial charge is 0.282 e. The van der Waals surface area contributed by atoms with E-state index in [4.69, 9.17) is 11.6 Å². The SMILES string of the molecule is CS(=O)(=O)NC(=O)c1c(C2=CC=CCC2=O)c2cc(Cl)ccc2n1Cc1cc(C#N)ccc1F. The Bertz CT molecular complexity index is 1580. The molecule has 1 amide bonds. The Morgan fingerprint density at radius 2 is 2.03 bits per heavy atom. The molecule has 0 radical (unpaired) electrons. The molecule has 1 aromatic heterocycles. The number of allylic oxidation sites excluding steroid dienone is 4. The molecular formula is C24H17ClFN3O4S. The highest BCUT2D eigenvalue weighted by Crippen LogP contribution is 2.36. The van der Waals surface area contributed by atoms with E-state index >= 15 is 0 Å². The maximum absolute atomic E-state index is 14.7. The zero-order valence-electron chi connectivity index (χ0n) is 17.8. The van der Waals surface area contributed by atoms with Crippen molar-refractivity contribution < 1.29 is 22.4 Å². The van der Waals surface area contributed by atoms with Gasteiger partial charge < -0.3 is 4.57 Å². The van der Waals surface area contributed by atoms with Gasteiger partial charge in [0.1, 0.15) is 11.5 Å². The van der Waals surface area contributed by atoms with Gasteiger partial charge in [0.25, 0.3) is 5.91 Å². The Morgan fingerprint density at radius 1 is 1.26 bits per heavy atom. The number of Topliss-reactive ketones (excluding diaryl/α,β-unsaturated/α-hetero) is 1. The lowest BCUT2D eigenvalue weighted by Crippen LogP contribution is -2.32. The summed E-state index contributed by atoms with van der Waals surface area (Å²) in [4.78, 5) is 26.0. The number of amides is 1. The van der Waals surface area contributed by atoms with Gasteiger partial charge in [-0.3, -0.25) is 9.59 Å². The number of hydrogen-bond acceptors (Lipinski definition) is 5. The zero-order chi connectivity index (χ0) is 24.6. The average Bonchev–Trinajstić information content (AvgIpc) is 3.07. The fraction of sp³-hybridized carbons (Fsp3) is 0.125. The molecule has 1 N–H and O–H groups in total. The number of nitrogens with zero attached hydrogens (tertiary/aromatic N) is 2. The number of fused-ring (bicyclic) bond motifs is 1. The van der Waals surface area contributed by atoms with E-state index in [-0.39, 0.29) is 46.7 Å².